The summed E-state index contributed by atoms with van der Waals surface area (Å²) in [6, 6.07) is 5.40. The fraction of sp³-hybridized carbons (Fsp3) is 0.312. The van der Waals surface area contributed by atoms with Crippen LogP contribution in [0.2, 0.25) is 0 Å². The van der Waals surface area contributed by atoms with Gasteiger partial charge in [0.25, 0.3) is 0 Å². The summed E-state index contributed by atoms with van der Waals surface area (Å²) in [5.74, 6) is -0.288. The summed E-state index contributed by atoms with van der Waals surface area (Å²) in [7, 11) is 1.11. The molecule has 1 amide bonds. The second-order valence-electron chi connectivity index (χ2n) is 5.10. The predicted molar refractivity (Wildman–Crippen MR) is 99.3 cm³/mol. The van der Waals surface area contributed by atoms with E-state index in [0.717, 1.165) is 23.3 Å². The van der Waals surface area contributed by atoms with Gasteiger partial charge in [0.1, 0.15) is 0 Å². The maximum Gasteiger partial charge on any atom is 0.341 e. The molecule has 0 atom stereocenters. The molecule has 130 valence electrons. The van der Waals surface area contributed by atoms with Crippen LogP contribution < -0.4 is 14.8 Å². The summed E-state index contributed by atoms with van der Waals surface area (Å²) in [6.45, 7) is 1.58. The topological polar surface area (TPSA) is 84.9 Å². The third-order valence-corrected chi connectivity index (χ3v) is 5.92. The standard InChI is InChI=1S/C16H18NO5S2/c1-10(24-9-14(18)17-16(24)23)3-4-11-5-6-12(13(7-11)21-2)22-8-15(19)20/h5-7,9H,3-4,8H2,1-2H3,(H,19,20)(H,17,18,23)/q-1. The van der Waals surface area contributed by atoms with E-state index in [9.17, 15) is 9.59 Å². The van der Waals surface area contributed by atoms with Gasteiger partial charge in [-0.2, -0.15) is 4.86 Å². The first-order valence-electron chi connectivity index (χ1n) is 7.17. The van der Waals surface area contributed by atoms with Gasteiger partial charge >= 0.3 is 5.97 Å². The number of methoxy groups -OCH3 is 1. The molecule has 1 aliphatic rings. The lowest BCUT2D eigenvalue weighted by molar-refractivity contribution is -0.139. The van der Waals surface area contributed by atoms with Gasteiger partial charge in [-0.15, -0.1) is 5.37 Å². The van der Waals surface area contributed by atoms with Crippen LogP contribution in [-0.2, 0) is 26.1 Å². The van der Waals surface area contributed by atoms with Crippen LogP contribution in [0.15, 0.2) is 18.2 Å². The molecule has 1 heterocycles. The molecule has 8 heteroatoms. The smallest absolute Gasteiger partial charge is 0.341 e. The van der Waals surface area contributed by atoms with E-state index < -0.39 is 22.6 Å². The molecule has 2 N–H and O–H groups in total. The van der Waals surface area contributed by atoms with Crippen molar-refractivity contribution in [1.82, 2.24) is 5.32 Å². The van der Waals surface area contributed by atoms with Crippen LogP contribution in [0.25, 0.3) is 0 Å². The number of hydrogen-bond donors (Lipinski definition) is 2. The number of rotatable bonds is 7. The van der Waals surface area contributed by atoms with Crippen LogP contribution >= 0.6 is 12.2 Å². The lowest BCUT2D eigenvalue weighted by atomic mass is 10.1. The Bertz CT molecular complexity index is 779. The molecule has 0 fully saturated rings. The average molecular weight is 368 g/mol. The fourth-order valence-electron chi connectivity index (χ4n) is 2.16. The molecule has 6 nitrogen and oxygen atoms in total. The SMILES string of the molecule is COc1cc(CCC(C)=[S-]2=CC(=O)NC2=S)ccc1OCC(=O)O. The van der Waals surface area contributed by atoms with Crippen LogP contribution in [0, 0.1) is 0 Å². The summed E-state index contributed by atoms with van der Waals surface area (Å²) < 4.78 is 11.0. The van der Waals surface area contributed by atoms with Crippen molar-refractivity contribution < 1.29 is 24.2 Å². The minimum atomic E-state index is -1.04. The fourth-order valence-corrected chi connectivity index (χ4v) is 4.26. The molecule has 0 aromatic heterocycles. The van der Waals surface area contributed by atoms with Gasteiger partial charge in [0, 0.05) is 0 Å². The third kappa shape index (κ3) is 4.72. The molecule has 0 saturated heterocycles. The van der Waals surface area contributed by atoms with Gasteiger partial charge in [-0.05, 0) is 28.4 Å². The maximum atomic E-state index is 11.3. The molecular weight excluding hydrogens is 350 g/mol. The molecule has 0 bridgehead atoms. The molecule has 1 aromatic carbocycles. The minimum Gasteiger partial charge on any atom is -0.493 e. The van der Waals surface area contributed by atoms with Gasteiger partial charge in [-0.3, -0.25) is 4.79 Å². The van der Waals surface area contributed by atoms with Crippen molar-refractivity contribution in [2.24, 2.45) is 0 Å². The van der Waals surface area contributed by atoms with Crippen LogP contribution in [0.1, 0.15) is 18.9 Å². The predicted octanol–water partition coefficient (Wildman–Crippen LogP) is 1.12. The Morgan fingerprint density at radius 1 is 1.38 bits per heavy atom. The zero-order valence-electron chi connectivity index (χ0n) is 13.3. The van der Waals surface area contributed by atoms with Crippen LogP contribution in [0.3, 0.4) is 0 Å². The van der Waals surface area contributed by atoms with Crippen molar-refractivity contribution in [2.75, 3.05) is 13.7 Å². The molecule has 1 aliphatic heterocycles. The molecule has 0 aliphatic carbocycles. The van der Waals surface area contributed by atoms with Crippen molar-refractivity contribution in [3.05, 3.63) is 23.8 Å². The zero-order valence-corrected chi connectivity index (χ0v) is 15.0. The number of hydrogen-bond acceptors (Lipinski definition) is 6. The molecule has 24 heavy (non-hydrogen) atoms. The number of benzene rings is 1. The number of carbonyl (C=O) groups is 2. The maximum absolute atomic E-state index is 11.3. The van der Waals surface area contributed by atoms with E-state index in [0.29, 0.717) is 15.8 Å². The summed E-state index contributed by atoms with van der Waals surface area (Å²) in [5.41, 5.74) is 1.03. The number of ether oxygens (including phenoxy) is 2. The number of thiocarbonyl (C=S) groups is 1. The highest BCUT2D eigenvalue weighted by Gasteiger charge is 2.08. The number of aryl methyl sites for hydroxylation is 1. The lowest BCUT2D eigenvalue weighted by Gasteiger charge is -2.15. The largest absolute Gasteiger partial charge is 0.493 e. The van der Waals surface area contributed by atoms with Crippen molar-refractivity contribution in [1.29, 1.82) is 0 Å². The molecule has 2 rings (SSSR count). The van der Waals surface area contributed by atoms with E-state index >= 15 is 0 Å². The molecule has 0 radical (unpaired) electrons. The second-order valence-corrected chi connectivity index (χ2v) is 7.79. The number of amides is 1. The van der Waals surface area contributed by atoms with Crippen molar-refractivity contribution in [3.8, 4) is 11.5 Å². The van der Waals surface area contributed by atoms with Crippen molar-refractivity contribution in [3.63, 3.8) is 0 Å². The van der Waals surface area contributed by atoms with Crippen molar-refractivity contribution in [2.45, 2.75) is 19.8 Å². The van der Waals surface area contributed by atoms with E-state index in [2.05, 4.69) is 5.32 Å². The molecule has 0 spiro atoms. The Hall–Kier alpha value is -2.06. The number of carboxylic acid groups (broad SMARTS) is 1. The number of nitrogens with one attached hydrogen (secondary N) is 1. The Labute approximate surface area is 147 Å². The van der Waals surface area contributed by atoms with Gasteiger partial charge in [0.05, 0.1) is 7.11 Å². The quantitative estimate of drug-likeness (QED) is 0.554. The van der Waals surface area contributed by atoms with E-state index in [1.54, 1.807) is 11.4 Å². The van der Waals surface area contributed by atoms with Crippen LogP contribution in [0.4, 0.5) is 0 Å². The average Bonchev–Trinajstić information content (AvgIpc) is 2.89. The van der Waals surface area contributed by atoms with E-state index in [-0.39, 0.29) is 5.91 Å². The number of aliphatic carboxylic acids is 1. The monoisotopic (exact) mass is 368 g/mol. The molecule has 0 saturated carbocycles. The lowest BCUT2D eigenvalue weighted by Crippen LogP contribution is -2.21. The van der Waals surface area contributed by atoms with Gasteiger partial charge in [-0.25, -0.2) is 4.79 Å². The first-order valence-corrected chi connectivity index (χ1v) is 8.87. The Kier molecular flexibility index (Phi) is 6.22. The molecular formula is C16H18NO5S2-. The van der Waals surface area contributed by atoms with Crippen molar-refractivity contribution >= 4 is 48.7 Å². The van der Waals surface area contributed by atoms with Gasteiger partial charge < -0.3 is 30.0 Å². The molecule has 0 unspecified atom stereocenters. The van der Waals surface area contributed by atoms with Gasteiger partial charge in [0.2, 0.25) is 5.91 Å². The zero-order chi connectivity index (χ0) is 17.7. The Balaban J connectivity index is 2.09. The van der Waals surface area contributed by atoms with E-state index in [1.807, 2.05) is 19.1 Å². The highest BCUT2D eigenvalue weighted by molar-refractivity contribution is 8.19. The Morgan fingerprint density at radius 2 is 2.12 bits per heavy atom. The minimum absolute atomic E-state index is 0.135. The normalized spacial score (nSPS) is 17.1. The highest BCUT2D eigenvalue weighted by atomic mass is 32.2. The van der Waals surface area contributed by atoms with Crippen LogP contribution in [-0.4, -0.2) is 45.3 Å². The first-order chi connectivity index (χ1) is 11.4. The number of carbonyl (C=O) groups excluding carboxylic acids is 1. The summed E-state index contributed by atoms with van der Waals surface area (Å²) in [4.78, 5) is 23.1. The summed E-state index contributed by atoms with van der Waals surface area (Å²) in [5, 5.41) is 12.9. The molecule has 1 aromatic rings. The first kappa shape index (κ1) is 18.3. The van der Waals surface area contributed by atoms with Gasteiger partial charge in [0.15, 0.2) is 18.1 Å². The highest BCUT2D eigenvalue weighted by Crippen LogP contribution is 2.28. The summed E-state index contributed by atoms with van der Waals surface area (Å²) >= 11 is 5.18. The third-order valence-electron chi connectivity index (χ3n) is 3.37. The van der Waals surface area contributed by atoms with E-state index in [1.165, 1.54) is 7.11 Å². The Morgan fingerprint density at radius 3 is 2.71 bits per heavy atom. The van der Waals surface area contributed by atoms with E-state index in [4.69, 9.17) is 26.8 Å². The number of carboxylic acids is 1. The van der Waals surface area contributed by atoms with Gasteiger partial charge in [-0.1, -0.05) is 31.6 Å². The summed E-state index contributed by atoms with van der Waals surface area (Å²) in [6.07, 6.45) is 1.54. The second kappa shape index (κ2) is 8.16. The van der Waals surface area contributed by atoms with Crippen LogP contribution in [0.5, 0.6) is 11.5 Å².